The maximum atomic E-state index is 12.4. The number of benzene rings is 2. The molecule has 0 aliphatic heterocycles. The van der Waals surface area contributed by atoms with Crippen molar-refractivity contribution >= 4 is 17.5 Å². The van der Waals surface area contributed by atoms with Crippen molar-refractivity contribution in [1.29, 1.82) is 0 Å². The largest absolute Gasteiger partial charge is 0.488 e. The van der Waals surface area contributed by atoms with E-state index in [1.807, 2.05) is 31.2 Å². The molecular weight excluding hydrogens is 326 g/mol. The predicted octanol–water partition coefficient (Wildman–Crippen LogP) is 3.67. The van der Waals surface area contributed by atoms with Gasteiger partial charge in [-0.2, -0.15) is 0 Å². The van der Waals surface area contributed by atoms with Gasteiger partial charge in [-0.05, 0) is 30.5 Å². The molecule has 0 aliphatic carbocycles. The van der Waals surface area contributed by atoms with Crippen LogP contribution in [-0.2, 0) is 6.61 Å². The Balaban J connectivity index is 2.01. The molecule has 0 aromatic heterocycles. The molecule has 2 rings (SSSR count). The molecule has 2 aromatic rings. The lowest BCUT2D eigenvalue weighted by molar-refractivity contribution is 0.0941. The zero-order valence-corrected chi connectivity index (χ0v) is 14.4. The number of aliphatic hydroxyl groups excluding tert-OH is 1. The van der Waals surface area contributed by atoms with Crippen LogP contribution in [0.4, 0.5) is 0 Å². The predicted molar refractivity (Wildman–Crippen MR) is 95.4 cm³/mol. The van der Waals surface area contributed by atoms with Crippen LogP contribution < -0.4 is 10.1 Å². The molecule has 0 heterocycles. The Hall–Kier alpha value is -2.04. The number of hydrogen-bond acceptors (Lipinski definition) is 3. The van der Waals surface area contributed by atoms with Gasteiger partial charge in [-0.25, -0.2) is 0 Å². The summed E-state index contributed by atoms with van der Waals surface area (Å²) in [5.41, 5.74) is 1.35. The van der Waals surface area contributed by atoms with Gasteiger partial charge in [-0.3, -0.25) is 4.79 Å². The number of ether oxygens (including phenoxy) is 1. The van der Waals surface area contributed by atoms with E-state index in [0.717, 1.165) is 5.56 Å². The number of carbonyl (C=O) groups is 1. The number of rotatable bonds is 8. The maximum absolute atomic E-state index is 12.4. The third kappa shape index (κ3) is 5.25. The number of para-hydroxylation sites is 1. The number of carbonyl (C=O) groups excluding carboxylic acids is 1. The first-order valence-electron chi connectivity index (χ1n) is 7.96. The first kappa shape index (κ1) is 18.3. The standard InChI is InChI=1S/C19H22ClNO3/c1-14(10-11-22)12-21-19(23)16-7-3-5-9-18(16)24-13-15-6-2-4-8-17(15)20/h2-9,14,22H,10-13H2,1H3,(H,21,23). The van der Waals surface area contributed by atoms with Crippen molar-refractivity contribution in [2.45, 2.75) is 20.0 Å². The van der Waals surface area contributed by atoms with Crippen molar-refractivity contribution in [3.8, 4) is 5.75 Å². The van der Waals surface area contributed by atoms with E-state index >= 15 is 0 Å². The van der Waals surface area contributed by atoms with E-state index in [0.29, 0.717) is 35.9 Å². The molecule has 2 aromatic carbocycles. The highest BCUT2D eigenvalue weighted by atomic mass is 35.5. The molecule has 0 spiro atoms. The Labute approximate surface area is 147 Å². The molecule has 0 bridgehead atoms. The zero-order valence-electron chi connectivity index (χ0n) is 13.7. The van der Waals surface area contributed by atoms with Crippen molar-refractivity contribution in [1.82, 2.24) is 5.32 Å². The lowest BCUT2D eigenvalue weighted by Gasteiger charge is -2.14. The summed E-state index contributed by atoms with van der Waals surface area (Å²) in [4.78, 5) is 12.4. The Bertz CT molecular complexity index is 675. The van der Waals surface area contributed by atoms with Gasteiger partial charge in [0.15, 0.2) is 0 Å². The summed E-state index contributed by atoms with van der Waals surface area (Å²) >= 11 is 6.13. The number of nitrogens with one attached hydrogen (secondary N) is 1. The van der Waals surface area contributed by atoms with Crippen LogP contribution >= 0.6 is 11.6 Å². The Morgan fingerprint density at radius 2 is 1.92 bits per heavy atom. The fourth-order valence-electron chi connectivity index (χ4n) is 2.24. The van der Waals surface area contributed by atoms with Gasteiger partial charge >= 0.3 is 0 Å². The van der Waals surface area contributed by atoms with Crippen LogP contribution in [0.1, 0.15) is 29.3 Å². The van der Waals surface area contributed by atoms with E-state index in [1.165, 1.54) is 0 Å². The van der Waals surface area contributed by atoms with Crippen LogP contribution in [-0.4, -0.2) is 24.2 Å². The monoisotopic (exact) mass is 347 g/mol. The smallest absolute Gasteiger partial charge is 0.255 e. The minimum atomic E-state index is -0.186. The molecule has 0 saturated heterocycles. The van der Waals surface area contributed by atoms with E-state index < -0.39 is 0 Å². The van der Waals surface area contributed by atoms with Crippen molar-refractivity contribution < 1.29 is 14.6 Å². The fourth-order valence-corrected chi connectivity index (χ4v) is 2.43. The van der Waals surface area contributed by atoms with Crippen LogP contribution in [0, 0.1) is 5.92 Å². The average molecular weight is 348 g/mol. The summed E-state index contributed by atoms with van der Waals surface area (Å²) in [5.74, 6) is 0.550. The molecular formula is C19H22ClNO3. The van der Waals surface area contributed by atoms with Gasteiger partial charge in [-0.15, -0.1) is 0 Å². The molecule has 5 heteroatoms. The molecule has 128 valence electrons. The molecule has 0 fully saturated rings. The second-order valence-electron chi connectivity index (χ2n) is 5.70. The number of amides is 1. The molecule has 24 heavy (non-hydrogen) atoms. The third-order valence-electron chi connectivity index (χ3n) is 3.71. The highest BCUT2D eigenvalue weighted by Crippen LogP contribution is 2.22. The SMILES string of the molecule is CC(CCO)CNC(=O)c1ccccc1OCc1ccccc1Cl. The summed E-state index contributed by atoms with van der Waals surface area (Å²) in [5, 5.41) is 12.4. The van der Waals surface area contributed by atoms with Crippen LogP contribution in [0.5, 0.6) is 5.75 Å². The van der Waals surface area contributed by atoms with E-state index in [9.17, 15) is 4.79 Å². The molecule has 1 amide bonds. The summed E-state index contributed by atoms with van der Waals surface area (Å²) in [6.45, 7) is 2.91. The average Bonchev–Trinajstić information content (AvgIpc) is 2.59. The molecule has 1 atom stereocenters. The first-order chi connectivity index (χ1) is 11.6. The van der Waals surface area contributed by atoms with Crippen LogP contribution in [0.3, 0.4) is 0 Å². The Kier molecular flexibility index (Phi) is 7.09. The van der Waals surface area contributed by atoms with Gasteiger partial charge < -0.3 is 15.2 Å². The summed E-state index contributed by atoms with van der Waals surface area (Å²) in [6, 6.07) is 14.6. The van der Waals surface area contributed by atoms with Crippen molar-refractivity contribution in [3.63, 3.8) is 0 Å². The van der Waals surface area contributed by atoms with E-state index in [1.54, 1.807) is 24.3 Å². The molecule has 1 unspecified atom stereocenters. The topological polar surface area (TPSA) is 58.6 Å². The van der Waals surface area contributed by atoms with E-state index in [4.69, 9.17) is 21.4 Å². The normalized spacial score (nSPS) is 11.8. The zero-order chi connectivity index (χ0) is 17.4. The Morgan fingerprint density at radius 1 is 1.21 bits per heavy atom. The summed E-state index contributed by atoms with van der Waals surface area (Å²) in [7, 11) is 0. The summed E-state index contributed by atoms with van der Waals surface area (Å²) in [6.07, 6.45) is 0.658. The number of aliphatic hydroxyl groups is 1. The van der Waals surface area contributed by atoms with Crippen molar-refractivity contribution in [2.75, 3.05) is 13.2 Å². The molecule has 0 radical (unpaired) electrons. The fraction of sp³-hybridized carbons (Fsp3) is 0.316. The van der Waals surface area contributed by atoms with E-state index in [-0.39, 0.29) is 18.4 Å². The summed E-state index contributed by atoms with van der Waals surface area (Å²) < 4.78 is 5.79. The van der Waals surface area contributed by atoms with Gasteiger partial charge in [0.2, 0.25) is 0 Å². The quantitative estimate of drug-likeness (QED) is 0.766. The van der Waals surface area contributed by atoms with Crippen LogP contribution in [0.2, 0.25) is 5.02 Å². The van der Waals surface area contributed by atoms with Gasteiger partial charge in [0.05, 0.1) is 5.56 Å². The second-order valence-corrected chi connectivity index (χ2v) is 6.11. The second kappa shape index (κ2) is 9.30. The lowest BCUT2D eigenvalue weighted by Crippen LogP contribution is -2.29. The number of hydrogen-bond donors (Lipinski definition) is 2. The maximum Gasteiger partial charge on any atom is 0.255 e. The van der Waals surface area contributed by atoms with Gasteiger partial charge in [0.1, 0.15) is 12.4 Å². The molecule has 0 saturated carbocycles. The third-order valence-corrected chi connectivity index (χ3v) is 4.07. The molecule has 2 N–H and O–H groups in total. The number of halogens is 1. The van der Waals surface area contributed by atoms with Crippen molar-refractivity contribution in [3.05, 3.63) is 64.7 Å². The Morgan fingerprint density at radius 3 is 2.67 bits per heavy atom. The lowest BCUT2D eigenvalue weighted by atomic mass is 10.1. The minimum absolute atomic E-state index is 0.120. The van der Waals surface area contributed by atoms with Gasteiger partial charge in [0.25, 0.3) is 5.91 Å². The van der Waals surface area contributed by atoms with E-state index in [2.05, 4.69) is 5.32 Å². The van der Waals surface area contributed by atoms with Gasteiger partial charge in [-0.1, -0.05) is 48.9 Å². The van der Waals surface area contributed by atoms with Gasteiger partial charge in [0, 0.05) is 23.7 Å². The highest BCUT2D eigenvalue weighted by Gasteiger charge is 2.13. The van der Waals surface area contributed by atoms with Crippen molar-refractivity contribution in [2.24, 2.45) is 5.92 Å². The van der Waals surface area contributed by atoms with Crippen LogP contribution in [0.15, 0.2) is 48.5 Å². The highest BCUT2D eigenvalue weighted by molar-refractivity contribution is 6.31. The minimum Gasteiger partial charge on any atom is -0.488 e. The molecule has 0 aliphatic rings. The molecule has 4 nitrogen and oxygen atoms in total. The van der Waals surface area contributed by atoms with Crippen LogP contribution in [0.25, 0.3) is 0 Å². The first-order valence-corrected chi connectivity index (χ1v) is 8.34.